The van der Waals surface area contributed by atoms with Crippen LogP contribution in [0, 0.1) is 13.8 Å². The van der Waals surface area contributed by atoms with Crippen LogP contribution in [-0.2, 0) is 6.61 Å². The number of aromatic amines is 1. The Balaban J connectivity index is 2.04. The lowest BCUT2D eigenvalue weighted by Crippen LogP contribution is -2.07. The van der Waals surface area contributed by atoms with Crippen molar-refractivity contribution in [2.45, 2.75) is 20.5 Å². The van der Waals surface area contributed by atoms with Crippen molar-refractivity contribution in [3.63, 3.8) is 0 Å². The SMILES string of the molecule is Cc1ccc(COc2ccc(=O)[nH]n2)cc1C. The molecular weight excluding hydrogens is 216 g/mol. The van der Waals surface area contributed by atoms with Crippen molar-refractivity contribution in [2.24, 2.45) is 0 Å². The number of aryl methyl sites for hydroxylation is 2. The Bertz CT molecular complexity index is 555. The van der Waals surface area contributed by atoms with Crippen molar-refractivity contribution in [1.29, 1.82) is 0 Å². The van der Waals surface area contributed by atoms with Gasteiger partial charge in [0.25, 0.3) is 5.56 Å². The molecule has 0 amide bonds. The molecule has 4 nitrogen and oxygen atoms in total. The first kappa shape index (κ1) is 11.4. The fourth-order valence-electron chi connectivity index (χ4n) is 1.46. The van der Waals surface area contributed by atoms with Gasteiger partial charge in [-0.2, -0.15) is 0 Å². The molecule has 0 radical (unpaired) electrons. The van der Waals surface area contributed by atoms with Gasteiger partial charge in [-0.05, 0) is 30.5 Å². The van der Waals surface area contributed by atoms with Gasteiger partial charge in [-0.1, -0.05) is 18.2 Å². The molecule has 1 aromatic carbocycles. The zero-order valence-electron chi connectivity index (χ0n) is 9.86. The van der Waals surface area contributed by atoms with Gasteiger partial charge in [-0.15, -0.1) is 5.10 Å². The first-order valence-electron chi connectivity index (χ1n) is 5.40. The van der Waals surface area contributed by atoms with E-state index in [1.807, 2.05) is 6.07 Å². The molecule has 0 aliphatic carbocycles. The molecule has 88 valence electrons. The molecule has 0 aliphatic heterocycles. The second kappa shape index (κ2) is 4.82. The number of aromatic nitrogens is 2. The summed E-state index contributed by atoms with van der Waals surface area (Å²) in [5, 5.41) is 6.10. The van der Waals surface area contributed by atoms with E-state index in [4.69, 9.17) is 4.74 Å². The van der Waals surface area contributed by atoms with Crippen molar-refractivity contribution >= 4 is 0 Å². The first-order valence-corrected chi connectivity index (χ1v) is 5.40. The molecule has 0 atom stereocenters. The molecule has 0 aliphatic rings. The summed E-state index contributed by atoms with van der Waals surface area (Å²) in [6.07, 6.45) is 0. The van der Waals surface area contributed by atoms with Crippen molar-refractivity contribution in [3.8, 4) is 5.88 Å². The molecule has 0 saturated heterocycles. The molecule has 0 bridgehead atoms. The molecule has 0 spiro atoms. The molecule has 0 fully saturated rings. The van der Waals surface area contributed by atoms with Crippen molar-refractivity contribution in [2.75, 3.05) is 0 Å². The number of hydrogen-bond acceptors (Lipinski definition) is 3. The highest BCUT2D eigenvalue weighted by Gasteiger charge is 1.99. The van der Waals surface area contributed by atoms with Crippen LogP contribution in [0.3, 0.4) is 0 Å². The Hall–Kier alpha value is -2.10. The highest BCUT2D eigenvalue weighted by molar-refractivity contribution is 5.29. The molecule has 0 unspecified atom stereocenters. The predicted molar refractivity (Wildman–Crippen MR) is 65.1 cm³/mol. The van der Waals surface area contributed by atoms with Crippen LogP contribution in [0.1, 0.15) is 16.7 Å². The summed E-state index contributed by atoms with van der Waals surface area (Å²) in [4.78, 5) is 10.8. The first-order chi connectivity index (χ1) is 8.15. The van der Waals surface area contributed by atoms with Crippen LogP contribution >= 0.6 is 0 Å². The smallest absolute Gasteiger partial charge is 0.264 e. The maximum absolute atomic E-state index is 10.8. The number of nitrogens with zero attached hydrogens (tertiary/aromatic N) is 1. The summed E-state index contributed by atoms with van der Waals surface area (Å²) in [5.74, 6) is 0.419. The van der Waals surface area contributed by atoms with E-state index in [1.165, 1.54) is 17.2 Å². The van der Waals surface area contributed by atoms with Crippen molar-refractivity contribution in [1.82, 2.24) is 10.2 Å². The number of H-pyrrole nitrogens is 1. The van der Waals surface area contributed by atoms with Crippen LogP contribution in [0.4, 0.5) is 0 Å². The zero-order valence-corrected chi connectivity index (χ0v) is 9.86. The Labute approximate surface area is 99.3 Å². The number of benzene rings is 1. The number of rotatable bonds is 3. The van der Waals surface area contributed by atoms with E-state index in [9.17, 15) is 4.79 Å². The minimum Gasteiger partial charge on any atom is -0.472 e. The van der Waals surface area contributed by atoms with Crippen LogP contribution in [0.15, 0.2) is 35.1 Å². The number of nitrogens with one attached hydrogen (secondary N) is 1. The van der Waals surface area contributed by atoms with E-state index in [0.717, 1.165) is 5.56 Å². The summed E-state index contributed by atoms with van der Waals surface area (Å²) >= 11 is 0. The normalized spacial score (nSPS) is 10.2. The second-order valence-corrected chi connectivity index (χ2v) is 3.97. The van der Waals surface area contributed by atoms with Gasteiger partial charge >= 0.3 is 0 Å². The molecule has 1 aromatic heterocycles. The summed E-state index contributed by atoms with van der Waals surface area (Å²) in [6, 6.07) is 9.12. The summed E-state index contributed by atoms with van der Waals surface area (Å²) in [5.41, 5.74) is 3.35. The van der Waals surface area contributed by atoms with Crippen LogP contribution in [0.5, 0.6) is 5.88 Å². The molecule has 2 aromatic rings. The average Bonchev–Trinajstić information content (AvgIpc) is 2.33. The molecule has 1 N–H and O–H groups in total. The number of ether oxygens (including phenoxy) is 1. The quantitative estimate of drug-likeness (QED) is 0.877. The zero-order chi connectivity index (χ0) is 12.3. The summed E-state index contributed by atoms with van der Waals surface area (Å²) in [7, 11) is 0. The molecule has 17 heavy (non-hydrogen) atoms. The van der Waals surface area contributed by atoms with Gasteiger partial charge in [0.15, 0.2) is 0 Å². The van der Waals surface area contributed by atoms with Gasteiger partial charge < -0.3 is 4.74 Å². The van der Waals surface area contributed by atoms with Crippen molar-refractivity contribution in [3.05, 3.63) is 57.4 Å². The lowest BCUT2D eigenvalue weighted by Gasteiger charge is -2.06. The van der Waals surface area contributed by atoms with Gasteiger partial charge in [0.2, 0.25) is 5.88 Å². The van der Waals surface area contributed by atoms with Crippen LogP contribution < -0.4 is 10.3 Å². The highest BCUT2D eigenvalue weighted by Crippen LogP contribution is 2.12. The average molecular weight is 230 g/mol. The van der Waals surface area contributed by atoms with E-state index in [0.29, 0.717) is 12.5 Å². The van der Waals surface area contributed by atoms with Crippen LogP contribution in [0.25, 0.3) is 0 Å². The highest BCUT2D eigenvalue weighted by atomic mass is 16.5. The lowest BCUT2D eigenvalue weighted by molar-refractivity contribution is 0.290. The molecule has 1 heterocycles. The third-order valence-corrected chi connectivity index (χ3v) is 2.61. The maximum Gasteiger partial charge on any atom is 0.264 e. The summed E-state index contributed by atoms with van der Waals surface area (Å²) < 4.78 is 5.46. The van der Waals surface area contributed by atoms with E-state index in [2.05, 4.69) is 36.2 Å². The second-order valence-electron chi connectivity index (χ2n) is 3.97. The van der Waals surface area contributed by atoms with Crippen LogP contribution in [0.2, 0.25) is 0 Å². The Kier molecular flexibility index (Phi) is 3.23. The van der Waals surface area contributed by atoms with Gasteiger partial charge in [0, 0.05) is 12.1 Å². The van der Waals surface area contributed by atoms with E-state index in [1.54, 1.807) is 6.07 Å². The maximum atomic E-state index is 10.8. The Morgan fingerprint density at radius 1 is 1.18 bits per heavy atom. The van der Waals surface area contributed by atoms with Gasteiger partial charge in [0.1, 0.15) is 6.61 Å². The molecule has 0 saturated carbocycles. The minimum atomic E-state index is -0.233. The topological polar surface area (TPSA) is 55.0 Å². The van der Waals surface area contributed by atoms with Crippen LogP contribution in [-0.4, -0.2) is 10.2 Å². The van der Waals surface area contributed by atoms with Gasteiger partial charge in [-0.3, -0.25) is 4.79 Å². The van der Waals surface area contributed by atoms with Gasteiger partial charge in [0.05, 0.1) is 0 Å². The third kappa shape index (κ3) is 2.93. The van der Waals surface area contributed by atoms with Gasteiger partial charge in [-0.25, -0.2) is 5.10 Å². The predicted octanol–water partition coefficient (Wildman–Crippen LogP) is 1.97. The summed E-state index contributed by atoms with van der Waals surface area (Å²) in [6.45, 7) is 4.58. The third-order valence-electron chi connectivity index (χ3n) is 2.61. The van der Waals surface area contributed by atoms with E-state index in [-0.39, 0.29) is 5.56 Å². The minimum absolute atomic E-state index is 0.233. The molecule has 2 rings (SSSR count). The molecular formula is C13H14N2O2. The standard InChI is InChI=1S/C13H14N2O2/c1-9-3-4-11(7-10(9)2)8-17-13-6-5-12(16)14-15-13/h3-7H,8H2,1-2H3,(H,14,16). The van der Waals surface area contributed by atoms with E-state index < -0.39 is 0 Å². The molecule has 4 heteroatoms. The lowest BCUT2D eigenvalue weighted by atomic mass is 10.1. The largest absolute Gasteiger partial charge is 0.472 e. The van der Waals surface area contributed by atoms with Crippen molar-refractivity contribution < 1.29 is 4.74 Å². The Morgan fingerprint density at radius 2 is 2.00 bits per heavy atom. The Morgan fingerprint density at radius 3 is 2.65 bits per heavy atom. The fraction of sp³-hybridized carbons (Fsp3) is 0.231. The fourth-order valence-corrected chi connectivity index (χ4v) is 1.46. The number of hydrogen-bond donors (Lipinski definition) is 1. The van der Waals surface area contributed by atoms with E-state index >= 15 is 0 Å². The monoisotopic (exact) mass is 230 g/mol.